The number of anilines is 1. The molecule has 0 saturated heterocycles. The number of hydrogen-bond acceptors (Lipinski definition) is 3. The highest BCUT2D eigenvalue weighted by atomic mass is 16.3. The highest BCUT2D eigenvalue weighted by Crippen LogP contribution is 2.26. The van der Waals surface area contributed by atoms with Crippen molar-refractivity contribution in [2.75, 3.05) is 18.4 Å². The number of likely N-dealkylation sites (N-methyl/N-ethyl adjacent to an activating group) is 1. The molecule has 1 amide bonds. The molecule has 104 valence electrons. The molecule has 0 aliphatic heterocycles. The second-order valence-electron chi connectivity index (χ2n) is 5.15. The second kappa shape index (κ2) is 6.17. The summed E-state index contributed by atoms with van der Waals surface area (Å²) in [5.74, 6) is 0.0203. The number of benzene rings is 1. The van der Waals surface area contributed by atoms with E-state index in [4.69, 9.17) is 5.11 Å². The monoisotopic (exact) mass is 262 g/mol. The molecule has 1 fully saturated rings. The van der Waals surface area contributed by atoms with Gasteiger partial charge in [0.25, 0.3) is 0 Å². The van der Waals surface area contributed by atoms with Crippen LogP contribution in [-0.4, -0.2) is 35.0 Å². The van der Waals surface area contributed by atoms with E-state index in [-0.39, 0.29) is 12.5 Å². The van der Waals surface area contributed by atoms with E-state index in [1.165, 1.54) is 12.8 Å². The van der Waals surface area contributed by atoms with Gasteiger partial charge < -0.3 is 10.4 Å². The Bertz CT molecular complexity index is 455. The van der Waals surface area contributed by atoms with Gasteiger partial charge >= 0.3 is 0 Å². The molecule has 1 aromatic rings. The van der Waals surface area contributed by atoms with Crippen LogP contribution >= 0.6 is 0 Å². The molecule has 0 bridgehead atoms. The highest BCUT2D eigenvalue weighted by molar-refractivity contribution is 5.93. The zero-order valence-electron chi connectivity index (χ0n) is 11.6. The van der Waals surface area contributed by atoms with Crippen LogP contribution in [-0.2, 0) is 11.4 Å². The predicted molar refractivity (Wildman–Crippen MR) is 76.0 cm³/mol. The maximum Gasteiger partial charge on any atom is 0.238 e. The van der Waals surface area contributed by atoms with Gasteiger partial charge in [-0.15, -0.1) is 0 Å². The van der Waals surface area contributed by atoms with Crippen molar-refractivity contribution in [1.82, 2.24) is 4.90 Å². The van der Waals surface area contributed by atoms with Gasteiger partial charge in [0.05, 0.1) is 13.2 Å². The molecule has 0 aromatic heterocycles. The smallest absolute Gasteiger partial charge is 0.238 e. The molecule has 4 nitrogen and oxygen atoms in total. The topological polar surface area (TPSA) is 52.6 Å². The Morgan fingerprint density at radius 2 is 2.21 bits per heavy atom. The number of rotatable bonds is 6. The largest absolute Gasteiger partial charge is 0.392 e. The first kappa shape index (κ1) is 14.0. The average Bonchev–Trinajstić information content (AvgIpc) is 3.23. The van der Waals surface area contributed by atoms with Crippen LogP contribution in [0.1, 0.15) is 30.9 Å². The normalized spacial score (nSPS) is 14.7. The molecule has 1 saturated carbocycles. The number of aliphatic hydroxyl groups is 1. The van der Waals surface area contributed by atoms with Crippen LogP contribution < -0.4 is 5.32 Å². The number of nitrogens with zero attached hydrogens (tertiary/aromatic N) is 1. The first-order valence-electron chi connectivity index (χ1n) is 6.88. The lowest BCUT2D eigenvalue weighted by Crippen LogP contribution is -2.34. The van der Waals surface area contributed by atoms with Gasteiger partial charge in [0.1, 0.15) is 0 Å². The molecule has 0 heterocycles. The van der Waals surface area contributed by atoms with E-state index < -0.39 is 0 Å². The van der Waals surface area contributed by atoms with Crippen molar-refractivity contribution in [2.24, 2.45) is 0 Å². The number of amides is 1. The first-order chi connectivity index (χ1) is 9.13. The molecular weight excluding hydrogens is 240 g/mol. The molecule has 0 atom stereocenters. The number of carbonyl (C=O) groups is 1. The number of carbonyl (C=O) groups excluding carboxylic acids is 1. The number of aliphatic hydroxyl groups excluding tert-OH is 1. The van der Waals surface area contributed by atoms with Gasteiger partial charge in [-0.25, -0.2) is 0 Å². The van der Waals surface area contributed by atoms with Crippen LogP contribution in [0.2, 0.25) is 0 Å². The van der Waals surface area contributed by atoms with Gasteiger partial charge in [0.15, 0.2) is 0 Å². The summed E-state index contributed by atoms with van der Waals surface area (Å²) >= 11 is 0. The SMILES string of the molecule is CCN(CC(=O)Nc1cc(CO)ccc1C)C1CC1. The Hall–Kier alpha value is -1.39. The summed E-state index contributed by atoms with van der Waals surface area (Å²) < 4.78 is 0. The molecule has 0 radical (unpaired) electrons. The number of nitrogens with one attached hydrogen (secondary N) is 1. The fourth-order valence-corrected chi connectivity index (χ4v) is 2.22. The standard InChI is InChI=1S/C15H22N2O2/c1-3-17(13-6-7-13)9-15(19)16-14-8-12(10-18)5-4-11(14)2/h4-5,8,13,18H,3,6-7,9-10H2,1-2H3,(H,16,19). The van der Waals surface area contributed by atoms with Crippen LogP contribution in [0, 0.1) is 6.92 Å². The Balaban J connectivity index is 1.97. The lowest BCUT2D eigenvalue weighted by atomic mass is 10.1. The average molecular weight is 262 g/mol. The molecule has 1 aromatic carbocycles. The second-order valence-corrected chi connectivity index (χ2v) is 5.15. The van der Waals surface area contributed by atoms with E-state index in [2.05, 4.69) is 17.1 Å². The molecule has 2 rings (SSSR count). The molecule has 19 heavy (non-hydrogen) atoms. The first-order valence-corrected chi connectivity index (χ1v) is 6.88. The van der Waals surface area contributed by atoms with Crippen LogP contribution in [0.4, 0.5) is 5.69 Å². The lowest BCUT2D eigenvalue weighted by molar-refractivity contribution is -0.117. The summed E-state index contributed by atoms with van der Waals surface area (Å²) in [6.07, 6.45) is 2.42. The van der Waals surface area contributed by atoms with E-state index in [1.54, 1.807) is 0 Å². The van der Waals surface area contributed by atoms with Gasteiger partial charge in [-0.05, 0) is 43.5 Å². The zero-order valence-corrected chi connectivity index (χ0v) is 11.6. The minimum atomic E-state index is -0.00763. The van der Waals surface area contributed by atoms with Gasteiger partial charge in [0, 0.05) is 11.7 Å². The quantitative estimate of drug-likeness (QED) is 0.823. The van der Waals surface area contributed by atoms with Crippen LogP contribution in [0.15, 0.2) is 18.2 Å². The van der Waals surface area contributed by atoms with Crippen molar-refractivity contribution >= 4 is 11.6 Å². The third kappa shape index (κ3) is 3.78. The maximum absolute atomic E-state index is 12.1. The van der Waals surface area contributed by atoms with Crippen LogP contribution in [0.5, 0.6) is 0 Å². The summed E-state index contributed by atoms with van der Waals surface area (Å²) in [5, 5.41) is 12.1. The van der Waals surface area contributed by atoms with Crippen molar-refractivity contribution < 1.29 is 9.90 Å². The third-order valence-electron chi connectivity index (χ3n) is 3.57. The van der Waals surface area contributed by atoms with E-state index >= 15 is 0 Å². The Labute approximate surface area is 114 Å². The van der Waals surface area contributed by atoms with Crippen LogP contribution in [0.3, 0.4) is 0 Å². The predicted octanol–water partition coefficient (Wildman–Crippen LogP) is 1.91. The Morgan fingerprint density at radius 3 is 2.79 bits per heavy atom. The number of hydrogen-bond donors (Lipinski definition) is 2. The van der Waals surface area contributed by atoms with Crippen molar-refractivity contribution in [1.29, 1.82) is 0 Å². The molecule has 0 spiro atoms. The molecule has 0 unspecified atom stereocenters. The molecule has 4 heteroatoms. The van der Waals surface area contributed by atoms with Gasteiger partial charge in [-0.1, -0.05) is 19.1 Å². The summed E-state index contributed by atoms with van der Waals surface area (Å²) in [7, 11) is 0. The van der Waals surface area contributed by atoms with Gasteiger partial charge in [0.2, 0.25) is 5.91 Å². The van der Waals surface area contributed by atoms with Crippen molar-refractivity contribution in [3.05, 3.63) is 29.3 Å². The summed E-state index contributed by atoms with van der Waals surface area (Å²) in [5.41, 5.74) is 2.62. The number of aryl methyl sites for hydroxylation is 1. The fourth-order valence-electron chi connectivity index (χ4n) is 2.22. The van der Waals surface area contributed by atoms with E-state index in [0.29, 0.717) is 12.6 Å². The maximum atomic E-state index is 12.1. The van der Waals surface area contributed by atoms with Crippen molar-refractivity contribution in [2.45, 2.75) is 39.3 Å². The lowest BCUT2D eigenvalue weighted by Gasteiger charge is -2.19. The van der Waals surface area contributed by atoms with E-state index in [9.17, 15) is 4.79 Å². The van der Waals surface area contributed by atoms with Crippen molar-refractivity contribution in [3.63, 3.8) is 0 Å². The van der Waals surface area contributed by atoms with Crippen molar-refractivity contribution in [3.8, 4) is 0 Å². The fraction of sp³-hybridized carbons (Fsp3) is 0.533. The minimum Gasteiger partial charge on any atom is -0.392 e. The summed E-state index contributed by atoms with van der Waals surface area (Å²) in [6, 6.07) is 6.22. The minimum absolute atomic E-state index is 0.00763. The van der Waals surface area contributed by atoms with E-state index in [1.807, 2.05) is 25.1 Å². The van der Waals surface area contributed by atoms with Gasteiger partial charge in [-0.3, -0.25) is 9.69 Å². The molecule has 1 aliphatic carbocycles. The summed E-state index contributed by atoms with van der Waals surface area (Å²) in [6.45, 7) is 5.39. The van der Waals surface area contributed by atoms with Gasteiger partial charge in [-0.2, -0.15) is 0 Å². The molecule has 1 aliphatic rings. The molecule has 2 N–H and O–H groups in total. The summed E-state index contributed by atoms with van der Waals surface area (Å²) in [4.78, 5) is 14.3. The van der Waals surface area contributed by atoms with Crippen LogP contribution in [0.25, 0.3) is 0 Å². The highest BCUT2D eigenvalue weighted by Gasteiger charge is 2.28. The Kier molecular flexibility index (Phi) is 4.56. The zero-order chi connectivity index (χ0) is 13.8. The Morgan fingerprint density at radius 1 is 1.47 bits per heavy atom. The third-order valence-corrected chi connectivity index (χ3v) is 3.57. The molecular formula is C15H22N2O2. The van der Waals surface area contributed by atoms with E-state index in [0.717, 1.165) is 23.4 Å².